The molecular formula is C20H29N3O3. The van der Waals surface area contributed by atoms with Gasteiger partial charge in [-0.1, -0.05) is 0 Å². The van der Waals surface area contributed by atoms with Crippen molar-refractivity contribution in [1.29, 1.82) is 0 Å². The molecule has 0 spiro atoms. The minimum atomic E-state index is -0.00300. The molecule has 1 aliphatic rings. The van der Waals surface area contributed by atoms with Crippen LogP contribution in [0.1, 0.15) is 18.4 Å². The number of carbonyl (C=O) groups is 1. The average Bonchev–Trinajstić information content (AvgIpc) is 3.05. The first-order valence-corrected chi connectivity index (χ1v) is 9.25. The Hall–Kier alpha value is -2.05. The standard InChI is InChI=1S/C20H29N3O3/c1-23-10-4-5-16(19(23)13-25-2)20(24)21-9-8-14-12-22-18-7-6-15(26-3)11-17(14)18/h6-7,11-12,16,19,22H,4-5,8-10,13H2,1-3H3,(H,21,24)/t16-,19-/m1/s1. The monoisotopic (exact) mass is 359 g/mol. The fourth-order valence-corrected chi connectivity index (χ4v) is 3.89. The first-order valence-electron chi connectivity index (χ1n) is 9.25. The summed E-state index contributed by atoms with van der Waals surface area (Å²) in [5, 5.41) is 4.27. The lowest BCUT2D eigenvalue weighted by Gasteiger charge is -2.37. The molecule has 0 radical (unpaired) electrons. The third-order valence-electron chi connectivity index (χ3n) is 5.40. The molecule has 1 aromatic carbocycles. The molecule has 26 heavy (non-hydrogen) atoms. The van der Waals surface area contributed by atoms with Crippen molar-refractivity contribution in [3.63, 3.8) is 0 Å². The molecule has 0 unspecified atom stereocenters. The molecule has 1 amide bonds. The molecule has 1 fully saturated rings. The Morgan fingerprint density at radius 3 is 3.00 bits per heavy atom. The summed E-state index contributed by atoms with van der Waals surface area (Å²) in [4.78, 5) is 18.2. The van der Waals surface area contributed by atoms with Gasteiger partial charge in [-0.05, 0) is 56.6 Å². The lowest BCUT2D eigenvalue weighted by molar-refractivity contribution is -0.129. The second-order valence-corrected chi connectivity index (χ2v) is 7.02. The van der Waals surface area contributed by atoms with E-state index in [9.17, 15) is 4.79 Å². The zero-order chi connectivity index (χ0) is 18.5. The predicted octanol–water partition coefficient (Wildman–Crippen LogP) is 2.19. The van der Waals surface area contributed by atoms with Crippen LogP contribution in [0.25, 0.3) is 10.9 Å². The number of ether oxygens (including phenoxy) is 2. The Morgan fingerprint density at radius 1 is 1.38 bits per heavy atom. The molecule has 3 rings (SSSR count). The van der Waals surface area contributed by atoms with Gasteiger partial charge in [-0.15, -0.1) is 0 Å². The number of methoxy groups -OCH3 is 2. The van der Waals surface area contributed by atoms with E-state index in [4.69, 9.17) is 9.47 Å². The SMILES string of the molecule is COC[C@@H]1[C@H](C(=O)NCCc2c[nH]c3ccc(OC)cc23)CCCN1C. The number of hydrogen-bond acceptors (Lipinski definition) is 4. The van der Waals surface area contributed by atoms with E-state index in [0.29, 0.717) is 13.2 Å². The van der Waals surface area contributed by atoms with Crippen LogP contribution in [0.3, 0.4) is 0 Å². The van der Waals surface area contributed by atoms with Crippen molar-refractivity contribution >= 4 is 16.8 Å². The molecule has 1 saturated heterocycles. The topological polar surface area (TPSA) is 66.6 Å². The van der Waals surface area contributed by atoms with Gasteiger partial charge in [-0.2, -0.15) is 0 Å². The molecule has 1 aromatic heterocycles. The van der Waals surface area contributed by atoms with Gasteiger partial charge >= 0.3 is 0 Å². The normalized spacial score (nSPS) is 21.0. The number of aromatic amines is 1. The maximum Gasteiger partial charge on any atom is 0.224 e. The number of rotatable bonds is 7. The van der Waals surface area contributed by atoms with Crippen LogP contribution in [0.5, 0.6) is 5.75 Å². The lowest BCUT2D eigenvalue weighted by atomic mass is 9.89. The molecule has 2 aromatic rings. The number of nitrogens with zero attached hydrogens (tertiary/aromatic N) is 1. The van der Waals surface area contributed by atoms with Gasteiger partial charge in [0.2, 0.25) is 5.91 Å². The molecule has 6 nitrogen and oxygen atoms in total. The summed E-state index contributed by atoms with van der Waals surface area (Å²) >= 11 is 0. The van der Waals surface area contributed by atoms with Gasteiger partial charge in [0.15, 0.2) is 0 Å². The zero-order valence-corrected chi connectivity index (χ0v) is 15.9. The molecule has 2 N–H and O–H groups in total. The summed E-state index contributed by atoms with van der Waals surface area (Å²) in [6.07, 6.45) is 4.78. The van der Waals surface area contributed by atoms with Gasteiger partial charge in [0, 0.05) is 36.8 Å². The fraction of sp³-hybridized carbons (Fsp3) is 0.550. The van der Waals surface area contributed by atoms with E-state index in [0.717, 1.165) is 42.5 Å². The summed E-state index contributed by atoms with van der Waals surface area (Å²) in [6.45, 7) is 2.24. The summed E-state index contributed by atoms with van der Waals surface area (Å²) < 4.78 is 10.6. The van der Waals surface area contributed by atoms with E-state index in [1.54, 1.807) is 14.2 Å². The maximum atomic E-state index is 12.7. The van der Waals surface area contributed by atoms with Gasteiger partial charge in [-0.3, -0.25) is 4.79 Å². The molecule has 1 aliphatic heterocycles. The third kappa shape index (κ3) is 4.02. The van der Waals surface area contributed by atoms with Gasteiger partial charge in [-0.25, -0.2) is 0 Å². The van der Waals surface area contributed by atoms with E-state index in [1.807, 2.05) is 24.4 Å². The largest absolute Gasteiger partial charge is 0.497 e. The Bertz CT molecular complexity index is 743. The average molecular weight is 359 g/mol. The van der Waals surface area contributed by atoms with Crippen molar-refractivity contribution in [2.24, 2.45) is 5.92 Å². The van der Waals surface area contributed by atoms with Crippen LogP contribution < -0.4 is 10.1 Å². The number of nitrogens with one attached hydrogen (secondary N) is 2. The van der Waals surface area contributed by atoms with Crippen molar-refractivity contribution in [2.75, 3.05) is 41.0 Å². The lowest BCUT2D eigenvalue weighted by Crippen LogP contribution is -2.51. The number of piperidine rings is 1. The summed E-state index contributed by atoms with van der Waals surface area (Å²) in [5.41, 5.74) is 2.27. The van der Waals surface area contributed by atoms with Crippen molar-refractivity contribution in [3.8, 4) is 5.75 Å². The Kier molecular flexibility index (Phi) is 6.16. The Balaban J connectivity index is 1.59. The van der Waals surface area contributed by atoms with Gasteiger partial charge < -0.3 is 24.7 Å². The van der Waals surface area contributed by atoms with E-state index in [-0.39, 0.29) is 17.9 Å². The number of likely N-dealkylation sites (tertiary alicyclic amines) is 1. The quantitative estimate of drug-likeness (QED) is 0.795. The van der Waals surface area contributed by atoms with E-state index in [2.05, 4.69) is 22.2 Å². The maximum absolute atomic E-state index is 12.7. The van der Waals surface area contributed by atoms with E-state index >= 15 is 0 Å². The van der Waals surface area contributed by atoms with Crippen LogP contribution >= 0.6 is 0 Å². The Labute approximate surface area is 154 Å². The van der Waals surface area contributed by atoms with Crippen LogP contribution in [0.15, 0.2) is 24.4 Å². The molecule has 6 heteroatoms. The minimum Gasteiger partial charge on any atom is -0.497 e. The zero-order valence-electron chi connectivity index (χ0n) is 15.9. The summed E-state index contributed by atoms with van der Waals surface area (Å²) in [6, 6.07) is 6.16. The van der Waals surface area contributed by atoms with Crippen LogP contribution in [-0.2, 0) is 16.0 Å². The van der Waals surface area contributed by atoms with Crippen molar-refractivity contribution < 1.29 is 14.3 Å². The number of likely N-dealkylation sites (N-methyl/N-ethyl adjacent to an activating group) is 1. The summed E-state index contributed by atoms with van der Waals surface area (Å²) in [5.74, 6) is 0.975. The molecule has 142 valence electrons. The predicted molar refractivity (Wildman–Crippen MR) is 103 cm³/mol. The number of H-pyrrole nitrogens is 1. The van der Waals surface area contributed by atoms with Crippen molar-refractivity contribution in [1.82, 2.24) is 15.2 Å². The number of amides is 1. The first-order chi connectivity index (χ1) is 12.6. The highest BCUT2D eigenvalue weighted by Crippen LogP contribution is 2.25. The third-order valence-corrected chi connectivity index (χ3v) is 5.40. The highest BCUT2D eigenvalue weighted by Gasteiger charge is 2.33. The number of fused-ring (bicyclic) bond motifs is 1. The van der Waals surface area contributed by atoms with Crippen LogP contribution in [-0.4, -0.2) is 62.8 Å². The van der Waals surface area contributed by atoms with Crippen molar-refractivity contribution in [2.45, 2.75) is 25.3 Å². The van der Waals surface area contributed by atoms with E-state index in [1.165, 1.54) is 5.56 Å². The van der Waals surface area contributed by atoms with Gasteiger partial charge in [0.1, 0.15) is 5.75 Å². The smallest absolute Gasteiger partial charge is 0.224 e. The second kappa shape index (κ2) is 8.56. The highest BCUT2D eigenvalue weighted by atomic mass is 16.5. The van der Waals surface area contributed by atoms with Crippen LogP contribution in [0.4, 0.5) is 0 Å². The Morgan fingerprint density at radius 2 is 2.23 bits per heavy atom. The molecule has 0 aliphatic carbocycles. The fourth-order valence-electron chi connectivity index (χ4n) is 3.89. The molecule has 2 atom stereocenters. The summed E-state index contributed by atoms with van der Waals surface area (Å²) in [7, 11) is 5.44. The second-order valence-electron chi connectivity index (χ2n) is 7.02. The number of benzene rings is 1. The molecule has 0 saturated carbocycles. The molecular weight excluding hydrogens is 330 g/mol. The van der Waals surface area contributed by atoms with Crippen LogP contribution in [0.2, 0.25) is 0 Å². The van der Waals surface area contributed by atoms with Gasteiger partial charge in [0.25, 0.3) is 0 Å². The number of aromatic nitrogens is 1. The number of hydrogen-bond donors (Lipinski definition) is 2. The highest BCUT2D eigenvalue weighted by molar-refractivity contribution is 5.85. The van der Waals surface area contributed by atoms with E-state index < -0.39 is 0 Å². The first kappa shape index (κ1) is 18.7. The molecule has 0 bridgehead atoms. The van der Waals surface area contributed by atoms with Crippen LogP contribution in [0, 0.1) is 5.92 Å². The molecule has 2 heterocycles. The minimum absolute atomic E-state index is 0.00300. The number of carbonyl (C=O) groups excluding carboxylic acids is 1. The van der Waals surface area contributed by atoms with Crippen molar-refractivity contribution in [3.05, 3.63) is 30.0 Å². The van der Waals surface area contributed by atoms with Gasteiger partial charge in [0.05, 0.1) is 19.6 Å².